The number of nitrogens with one attached hydrogen (secondary N) is 1. The number of hydrogen-bond donors (Lipinski definition) is 1. The van der Waals surface area contributed by atoms with E-state index in [0.29, 0.717) is 18.0 Å². The van der Waals surface area contributed by atoms with E-state index in [9.17, 15) is 9.00 Å². The zero-order chi connectivity index (χ0) is 18.1. The summed E-state index contributed by atoms with van der Waals surface area (Å²) in [6, 6.07) is 11.0. The molecule has 0 saturated carbocycles. The summed E-state index contributed by atoms with van der Waals surface area (Å²) in [5.41, 5.74) is 1.48. The van der Waals surface area contributed by atoms with Gasteiger partial charge in [-0.2, -0.15) is 0 Å². The summed E-state index contributed by atoms with van der Waals surface area (Å²) in [7, 11) is 0.227. The van der Waals surface area contributed by atoms with Crippen LogP contribution < -0.4 is 10.1 Å². The van der Waals surface area contributed by atoms with Gasteiger partial charge in [-0.25, -0.2) is 0 Å². The molecule has 1 N–H and O–H groups in total. The van der Waals surface area contributed by atoms with Gasteiger partial charge in [-0.3, -0.25) is 9.00 Å². The number of fused-ring (bicyclic) bond motifs is 3. The van der Waals surface area contributed by atoms with E-state index in [1.807, 2.05) is 30.3 Å². The van der Waals surface area contributed by atoms with Gasteiger partial charge < -0.3 is 19.4 Å². The maximum absolute atomic E-state index is 12.7. The molecule has 1 aliphatic heterocycles. The van der Waals surface area contributed by atoms with Crippen LogP contribution in [-0.4, -0.2) is 54.1 Å². The Morgan fingerprint density at radius 1 is 1.15 bits per heavy atom. The normalized spacial score (nSPS) is 16.1. The Bertz CT molecular complexity index is 992. The zero-order valence-corrected chi connectivity index (χ0v) is 15.3. The third-order valence-corrected chi connectivity index (χ3v) is 5.92. The van der Waals surface area contributed by atoms with Crippen LogP contribution in [0, 0.1) is 0 Å². The van der Waals surface area contributed by atoms with E-state index in [1.54, 1.807) is 18.1 Å². The molecule has 26 heavy (non-hydrogen) atoms. The molecule has 7 heteroatoms. The Hall–Kier alpha value is -2.38. The van der Waals surface area contributed by atoms with Crippen LogP contribution in [0.5, 0.6) is 5.75 Å². The van der Waals surface area contributed by atoms with Crippen LogP contribution in [-0.2, 0) is 15.6 Å². The molecule has 0 radical (unpaired) electrons. The maximum Gasteiger partial charge on any atom is 0.235 e. The van der Waals surface area contributed by atoms with Crippen molar-refractivity contribution in [3.63, 3.8) is 0 Å². The summed E-state index contributed by atoms with van der Waals surface area (Å²) in [5, 5.41) is 4.99. The SMILES string of the molecule is COc1ccc2oc3ccc(S(=O)CC(=O)N4CCNCC4)cc3c2c1. The standard InChI is InChI=1S/C19H20N2O4S/c1-24-13-2-4-17-15(10-13)16-11-14(3-5-18(16)25-17)26(23)12-19(22)21-8-6-20-7-9-21/h2-5,10-11,20H,6-9,12H2,1H3. The van der Waals surface area contributed by atoms with Gasteiger partial charge in [0.15, 0.2) is 0 Å². The summed E-state index contributed by atoms with van der Waals surface area (Å²) in [5.74, 6) is 0.675. The van der Waals surface area contributed by atoms with Crippen molar-refractivity contribution in [3.8, 4) is 5.75 Å². The first-order valence-electron chi connectivity index (χ1n) is 8.53. The van der Waals surface area contributed by atoms with Gasteiger partial charge in [0, 0.05) is 41.8 Å². The molecular formula is C19H20N2O4S. The van der Waals surface area contributed by atoms with Crippen molar-refractivity contribution < 1.29 is 18.2 Å². The summed E-state index contributed by atoms with van der Waals surface area (Å²) in [6.07, 6.45) is 0. The molecule has 3 aromatic rings. The second kappa shape index (κ2) is 7.09. The number of rotatable bonds is 4. The molecule has 6 nitrogen and oxygen atoms in total. The molecule has 2 heterocycles. The van der Waals surface area contributed by atoms with Crippen molar-refractivity contribution in [2.24, 2.45) is 0 Å². The number of carbonyl (C=O) groups excluding carboxylic acids is 1. The number of piperazine rings is 1. The minimum absolute atomic E-state index is 0.00458. The Morgan fingerprint density at radius 2 is 1.85 bits per heavy atom. The fourth-order valence-corrected chi connectivity index (χ4v) is 4.25. The predicted molar refractivity (Wildman–Crippen MR) is 101 cm³/mol. The topological polar surface area (TPSA) is 71.8 Å². The molecule has 4 rings (SSSR count). The molecule has 1 saturated heterocycles. The second-order valence-electron chi connectivity index (χ2n) is 6.24. The fourth-order valence-electron chi connectivity index (χ4n) is 3.21. The smallest absolute Gasteiger partial charge is 0.235 e. The van der Waals surface area contributed by atoms with E-state index in [4.69, 9.17) is 9.15 Å². The molecular weight excluding hydrogens is 352 g/mol. The van der Waals surface area contributed by atoms with Crippen molar-refractivity contribution >= 4 is 38.6 Å². The van der Waals surface area contributed by atoms with Crippen LogP contribution in [0.3, 0.4) is 0 Å². The van der Waals surface area contributed by atoms with Crippen LogP contribution >= 0.6 is 0 Å². The highest BCUT2D eigenvalue weighted by molar-refractivity contribution is 7.85. The number of amides is 1. The molecule has 0 bridgehead atoms. The average molecular weight is 372 g/mol. The Morgan fingerprint density at radius 3 is 2.58 bits per heavy atom. The molecule has 0 aliphatic carbocycles. The van der Waals surface area contributed by atoms with E-state index in [1.165, 1.54) is 0 Å². The Balaban J connectivity index is 1.62. The molecule has 1 aliphatic rings. The van der Waals surface area contributed by atoms with Crippen LogP contribution in [0.1, 0.15) is 0 Å². The molecule has 1 aromatic heterocycles. The van der Waals surface area contributed by atoms with E-state index < -0.39 is 10.8 Å². The van der Waals surface area contributed by atoms with Gasteiger partial charge in [0.25, 0.3) is 0 Å². The number of carbonyl (C=O) groups is 1. The fraction of sp³-hybridized carbons (Fsp3) is 0.316. The molecule has 1 fully saturated rings. The third-order valence-electron chi connectivity index (χ3n) is 4.64. The molecule has 136 valence electrons. The number of ether oxygens (including phenoxy) is 1. The predicted octanol–water partition coefficient (Wildman–Crippen LogP) is 2.13. The number of benzene rings is 2. The van der Waals surface area contributed by atoms with Gasteiger partial charge in [-0.1, -0.05) is 0 Å². The minimum Gasteiger partial charge on any atom is -0.497 e. The number of furan rings is 1. The highest BCUT2D eigenvalue weighted by Crippen LogP contribution is 2.32. The first-order valence-corrected chi connectivity index (χ1v) is 9.85. The number of hydrogen-bond acceptors (Lipinski definition) is 5. The molecule has 1 amide bonds. The van der Waals surface area contributed by atoms with Crippen LogP contribution in [0.4, 0.5) is 0 Å². The van der Waals surface area contributed by atoms with E-state index >= 15 is 0 Å². The largest absolute Gasteiger partial charge is 0.497 e. The summed E-state index contributed by atoms with van der Waals surface area (Å²) < 4.78 is 23.8. The molecule has 1 unspecified atom stereocenters. The Kier molecular flexibility index (Phi) is 4.65. The van der Waals surface area contributed by atoms with Gasteiger partial charge in [-0.15, -0.1) is 0 Å². The summed E-state index contributed by atoms with van der Waals surface area (Å²) in [6.45, 7) is 2.91. The van der Waals surface area contributed by atoms with Crippen molar-refractivity contribution in [2.45, 2.75) is 4.90 Å². The van der Waals surface area contributed by atoms with E-state index in [-0.39, 0.29) is 11.7 Å². The quantitative estimate of drug-likeness (QED) is 0.760. The van der Waals surface area contributed by atoms with Gasteiger partial charge in [0.1, 0.15) is 22.7 Å². The maximum atomic E-state index is 12.7. The lowest BCUT2D eigenvalue weighted by Gasteiger charge is -2.27. The third kappa shape index (κ3) is 3.20. The van der Waals surface area contributed by atoms with Crippen molar-refractivity contribution in [1.29, 1.82) is 0 Å². The minimum atomic E-state index is -1.39. The summed E-state index contributed by atoms with van der Waals surface area (Å²) in [4.78, 5) is 14.8. The van der Waals surface area contributed by atoms with Gasteiger partial charge in [0.2, 0.25) is 5.91 Å². The number of methoxy groups -OCH3 is 1. The Labute approximate surface area is 153 Å². The first-order chi connectivity index (χ1) is 12.7. The van der Waals surface area contributed by atoms with Crippen LogP contribution in [0.15, 0.2) is 45.7 Å². The lowest BCUT2D eigenvalue weighted by Crippen LogP contribution is -2.47. The van der Waals surface area contributed by atoms with Gasteiger partial charge >= 0.3 is 0 Å². The van der Waals surface area contributed by atoms with Crippen LogP contribution in [0.25, 0.3) is 21.9 Å². The van der Waals surface area contributed by atoms with Gasteiger partial charge in [0.05, 0.1) is 17.9 Å². The van der Waals surface area contributed by atoms with E-state index in [0.717, 1.165) is 40.8 Å². The lowest BCUT2D eigenvalue weighted by molar-refractivity contribution is -0.128. The van der Waals surface area contributed by atoms with Crippen molar-refractivity contribution in [1.82, 2.24) is 10.2 Å². The van der Waals surface area contributed by atoms with Crippen LogP contribution in [0.2, 0.25) is 0 Å². The highest BCUT2D eigenvalue weighted by Gasteiger charge is 2.20. The number of nitrogens with zero attached hydrogens (tertiary/aromatic N) is 1. The van der Waals surface area contributed by atoms with Gasteiger partial charge in [-0.05, 0) is 36.4 Å². The summed E-state index contributed by atoms with van der Waals surface area (Å²) >= 11 is 0. The second-order valence-corrected chi connectivity index (χ2v) is 7.69. The monoisotopic (exact) mass is 372 g/mol. The lowest BCUT2D eigenvalue weighted by atomic mass is 10.1. The van der Waals surface area contributed by atoms with Crippen molar-refractivity contribution in [3.05, 3.63) is 36.4 Å². The molecule has 0 spiro atoms. The molecule has 2 aromatic carbocycles. The van der Waals surface area contributed by atoms with Crippen molar-refractivity contribution in [2.75, 3.05) is 39.0 Å². The van der Waals surface area contributed by atoms with E-state index in [2.05, 4.69) is 5.32 Å². The highest BCUT2D eigenvalue weighted by atomic mass is 32.2. The zero-order valence-electron chi connectivity index (χ0n) is 14.5. The molecule has 1 atom stereocenters. The first kappa shape index (κ1) is 17.1. The average Bonchev–Trinajstić information content (AvgIpc) is 3.05.